The molecule has 0 saturated heterocycles. The molecule has 0 aliphatic carbocycles. The Morgan fingerprint density at radius 1 is 1.35 bits per heavy atom. The van der Waals surface area contributed by atoms with Crippen molar-refractivity contribution in [3.8, 4) is 0 Å². The Labute approximate surface area is 110 Å². The van der Waals surface area contributed by atoms with Crippen molar-refractivity contribution in [3.63, 3.8) is 0 Å². The SMILES string of the molecule is CC(C)(CCO)CNCc1cc(F)cc(Br)c1. The summed E-state index contributed by atoms with van der Waals surface area (Å²) >= 11 is 3.27. The van der Waals surface area contributed by atoms with Crippen LogP contribution < -0.4 is 5.32 Å². The van der Waals surface area contributed by atoms with Crippen LogP contribution >= 0.6 is 15.9 Å². The van der Waals surface area contributed by atoms with Gasteiger partial charge in [0.2, 0.25) is 0 Å². The number of hydrogen-bond acceptors (Lipinski definition) is 2. The molecule has 1 aromatic rings. The molecule has 1 aromatic carbocycles. The first-order valence-corrected chi connectivity index (χ1v) is 6.49. The topological polar surface area (TPSA) is 32.3 Å². The van der Waals surface area contributed by atoms with Gasteiger partial charge in [0.05, 0.1) is 0 Å². The largest absolute Gasteiger partial charge is 0.396 e. The first-order valence-electron chi connectivity index (χ1n) is 5.69. The van der Waals surface area contributed by atoms with Gasteiger partial charge in [0.25, 0.3) is 0 Å². The van der Waals surface area contributed by atoms with Gasteiger partial charge in [0.1, 0.15) is 5.82 Å². The maximum atomic E-state index is 13.1. The molecule has 0 saturated carbocycles. The summed E-state index contributed by atoms with van der Waals surface area (Å²) in [7, 11) is 0. The summed E-state index contributed by atoms with van der Waals surface area (Å²) in [5, 5.41) is 12.2. The molecule has 0 radical (unpaired) electrons. The molecule has 96 valence electrons. The average molecular weight is 304 g/mol. The summed E-state index contributed by atoms with van der Waals surface area (Å²) in [4.78, 5) is 0. The van der Waals surface area contributed by atoms with E-state index in [1.807, 2.05) is 6.07 Å². The molecule has 0 amide bonds. The van der Waals surface area contributed by atoms with E-state index < -0.39 is 0 Å². The lowest BCUT2D eigenvalue weighted by atomic mass is 9.90. The highest BCUT2D eigenvalue weighted by atomic mass is 79.9. The van der Waals surface area contributed by atoms with E-state index >= 15 is 0 Å². The number of nitrogens with one attached hydrogen (secondary N) is 1. The van der Waals surface area contributed by atoms with Gasteiger partial charge in [-0.1, -0.05) is 29.8 Å². The van der Waals surface area contributed by atoms with Crippen molar-refractivity contribution in [2.24, 2.45) is 5.41 Å². The predicted octanol–water partition coefficient (Wildman–Crippen LogP) is 3.09. The molecule has 17 heavy (non-hydrogen) atoms. The van der Waals surface area contributed by atoms with Crippen LogP contribution in [0.2, 0.25) is 0 Å². The van der Waals surface area contributed by atoms with Crippen LogP contribution in [0.25, 0.3) is 0 Å². The second kappa shape index (κ2) is 6.47. The summed E-state index contributed by atoms with van der Waals surface area (Å²) < 4.78 is 13.9. The van der Waals surface area contributed by atoms with E-state index in [2.05, 4.69) is 35.1 Å². The van der Waals surface area contributed by atoms with E-state index in [-0.39, 0.29) is 17.8 Å². The highest BCUT2D eigenvalue weighted by Gasteiger charge is 2.16. The molecule has 0 aliphatic heterocycles. The molecule has 0 bridgehead atoms. The number of aliphatic hydroxyl groups is 1. The molecule has 2 nitrogen and oxygen atoms in total. The number of hydrogen-bond donors (Lipinski definition) is 2. The molecule has 0 heterocycles. The minimum Gasteiger partial charge on any atom is -0.396 e. The highest BCUT2D eigenvalue weighted by molar-refractivity contribution is 9.10. The van der Waals surface area contributed by atoms with Gasteiger partial charge in [-0.2, -0.15) is 0 Å². The van der Waals surface area contributed by atoms with Crippen LogP contribution in [0.15, 0.2) is 22.7 Å². The Hall–Kier alpha value is -0.450. The van der Waals surface area contributed by atoms with Crippen LogP contribution in [0.4, 0.5) is 4.39 Å². The molecular weight excluding hydrogens is 285 g/mol. The Morgan fingerprint density at radius 3 is 2.65 bits per heavy atom. The third-order valence-electron chi connectivity index (χ3n) is 2.64. The van der Waals surface area contributed by atoms with E-state index in [0.29, 0.717) is 6.54 Å². The van der Waals surface area contributed by atoms with Crippen molar-refractivity contribution in [1.29, 1.82) is 0 Å². The minimum absolute atomic E-state index is 0.0549. The summed E-state index contributed by atoms with van der Waals surface area (Å²) in [6.07, 6.45) is 0.757. The zero-order chi connectivity index (χ0) is 12.9. The third kappa shape index (κ3) is 5.61. The van der Waals surface area contributed by atoms with Crippen molar-refractivity contribution in [2.45, 2.75) is 26.8 Å². The fourth-order valence-electron chi connectivity index (χ4n) is 1.65. The van der Waals surface area contributed by atoms with Gasteiger partial charge in [-0.15, -0.1) is 0 Å². The molecule has 0 unspecified atom stereocenters. The number of rotatable bonds is 6. The maximum absolute atomic E-state index is 13.1. The first-order chi connectivity index (χ1) is 7.93. The first kappa shape index (κ1) is 14.6. The van der Waals surface area contributed by atoms with Crippen LogP contribution in [0.3, 0.4) is 0 Å². The molecule has 4 heteroatoms. The van der Waals surface area contributed by atoms with Crippen molar-refractivity contribution < 1.29 is 9.50 Å². The lowest BCUT2D eigenvalue weighted by Gasteiger charge is -2.24. The quantitative estimate of drug-likeness (QED) is 0.846. The van der Waals surface area contributed by atoms with Crippen LogP contribution in [0.1, 0.15) is 25.8 Å². The predicted molar refractivity (Wildman–Crippen MR) is 71.3 cm³/mol. The van der Waals surface area contributed by atoms with E-state index in [1.165, 1.54) is 12.1 Å². The average Bonchev–Trinajstić information content (AvgIpc) is 2.15. The van der Waals surface area contributed by atoms with Crippen LogP contribution in [0, 0.1) is 11.2 Å². The molecule has 0 aromatic heterocycles. The lowest BCUT2D eigenvalue weighted by molar-refractivity contribution is 0.207. The van der Waals surface area contributed by atoms with Crippen LogP contribution in [0.5, 0.6) is 0 Å². The molecule has 0 aliphatic rings. The minimum atomic E-state index is -0.231. The lowest BCUT2D eigenvalue weighted by Crippen LogP contribution is -2.29. The normalized spacial score (nSPS) is 11.8. The van der Waals surface area contributed by atoms with Gasteiger partial charge in [-0.05, 0) is 35.6 Å². The van der Waals surface area contributed by atoms with Gasteiger partial charge in [-0.3, -0.25) is 0 Å². The van der Waals surface area contributed by atoms with Crippen molar-refractivity contribution in [2.75, 3.05) is 13.2 Å². The Kier molecular flexibility index (Phi) is 5.56. The van der Waals surface area contributed by atoms with Crippen molar-refractivity contribution in [1.82, 2.24) is 5.32 Å². The van der Waals surface area contributed by atoms with Crippen LogP contribution in [-0.4, -0.2) is 18.3 Å². The molecule has 0 spiro atoms. The highest BCUT2D eigenvalue weighted by Crippen LogP contribution is 2.19. The second-order valence-electron chi connectivity index (χ2n) is 5.02. The zero-order valence-electron chi connectivity index (χ0n) is 10.3. The van der Waals surface area contributed by atoms with Gasteiger partial charge in [0.15, 0.2) is 0 Å². The van der Waals surface area contributed by atoms with E-state index in [1.54, 1.807) is 0 Å². The van der Waals surface area contributed by atoms with E-state index in [9.17, 15) is 4.39 Å². The summed E-state index contributed by atoms with van der Waals surface area (Å²) in [5.41, 5.74) is 0.968. The maximum Gasteiger partial charge on any atom is 0.124 e. The second-order valence-corrected chi connectivity index (χ2v) is 5.93. The molecule has 2 N–H and O–H groups in total. The smallest absolute Gasteiger partial charge is 0.124 e. The monoisotopic (exact) mass is 303 g/mol. The molecule has 0 fully saturated rings. The zero-order valence-corrected chi connectivity index (χ0v) is 11.8. The van der Waals surface area contributed by atoms with Crippen molar-refractivity contribution >= 4 is 15.9 Å². The number of halogens is 2. The standard InChI is InChI=1S/C13H19BrFNO/c1-13(2,3-4-17)9-16-8-10-5-11(14)7-12(15)6-10/h5-7,16-17H,3-4,8-9H2,1-2H3. The fourth-order valence-corrected chi connectivity index (χ4v) is 2.16. The van der Waals surface area contributed by atoms with Gasteiger partial charge < -0.3 is 10.4 Å². The van der Waals surface area contributed by atoms with E-state index in [4.69, 9.17) is 5.11 Å². The van der Waals surface area contributed by atoms with Crippen LogP contribution in [-0.2, 0) is 6.54 Å². The molecular formula is C13H19BrFNO. The number of aliphatic hydroxyl groups excluding tert-OH is 1. The summed E-state index contributed by atoms with van der Waals surface area (Å²) in [6, 6.07) is 4.87. The Balaban J connectivity index is 2.45. The third-order valence-corrected chi connectivity index (χ3v) is 3.10. The summed E-state index contributed by atoms with van der Waals surface area (Å²) in [5.74, 6) is -0.231. The molecule has 1 rings (SSSR count). The Morgan fingerprint density at radius 2 is 2.06 bits per heavy atom. The Bertz CT molecular complexity index is 348. The fraction of sp³-hybridized carbons (Fsp3) is 0.538. The van der Waals surface area contributed by atoms with Gasteiger partial charge in [-0.25, -0.2) is 4.39 Å². The van der Waals surface area contributed by atoms with Gasteiger partial charge >= 0.3 is 0 Å². The van der Waals surface area contributed by atoms with Gasteiger partial charge in [0, 0.05) is 24.2 Å². The van der Waals surface area contributed by atoms with Crippen molar-refractivity contribution in [3.05, 3.63) is 34.1 Å². The molecule has 0 atom stereocenters. The summed E-state index contributed by atoms with van der Waals surface area (Å²) in [6.45, 7) is 5.81. The number of benzene rings is 1. The van der Waals surface area contributed by atoms with E-state index in [0.717, 1.165) is 23.0 Å².